The van der Waals surface area contributed by atoms with Crippen molar-refractivity contribution >= 4 is 93.0 Å². The third-order valence-electron chi connectivity index (χ3n) is 17.1. The van der Waals surface area contributed by atoms with E-state index < -0.39 is 5.41 Å². The zero-order chi connectivity index (χ0) is 49.6. The number of hydrogen-bond acceptors (Lipinski definition) is 1. The number of hydrogen-bond donors (Lipinski definition) is 0. The molecule has 2 aliphatic carbocycles. The Labute approximate surface area is 439 Å². The van der Waals surface area contributed by atoms with E-state index >= 15 is 0 Å². The van der Waals surface area contributed by atoms with Crippen molar-refractivity contribution in [3.05, 3.63) is 295 Å². The average molecular weight is 964 g/mol. The molecule has 1 spiro atoms. The largest absolute Gasteiger partial charge is 0.309 e. The minimum absolute atomic E-state index is 0.499. The maximum absolute atomic E-state index is 2.59. The summed E-state index contributed by atoms with van der Waals surface area (Å²) in [7, 11) is 0. The molecule has 0 atom stereocenters. The Kier molecular flexibility index (Phi) is 8.48. The van der Waals surface area contributed by atoms with Crippen LogP contribution in [-0.4, -0.2) is 9.13 Å². The molecule has 0 bridgehead atoms. The van der Waals surface area contributed by atoms with Gasteiger partial charge in [-0.05, 0) is 144 Å². The van der Waals surface area contributed by atoms with E-state index in [2.05, 4.69) is 287 Å². The predicted octanol–water partition coefficient (Wildman–Crippen LogP) is 19.2. The van der Waals surface area contributed by atoms with Crippen LogP contribution in [0.5, 0.6) is 0 Å². The first-order valence-corrected chi connectivity index (χ1v) is 26.4. The van der Waals surface area contributed by atoms with E-state index in [-0.39, 0.29) is 0 Å². The van der Waals surface area contributed by atoms with Crippen LogP contribution in [0.3, 0.4) is 0 Å². The van der Waals surface area contributed by atoms with E-state index in [1.54, 1.807) is 0 Å². The third kappa shape index (κ3) is 5.40. The molecular weight excluding hydrogens is 919 g/mol. The molecule has 0 saturated heterocycles. The van der Waals surface area contributed by atoms with E-state index in [9.17, 15) is 0 Å². The molecule has 0 unspecified atom stereocenters. The summed E-state index contributed by atoms with van der Waals surface area (Å²) < 4.78 is 4.91. The highest BCUT2D eigenvalue weighted by atomic mass is 15.2. The van der Waals surface area contributed by atoms with Crippen molar-refractivity contribution in [1.82, 2.24) is 9.13 Å². The first-order chi connectivity index (χ1) is 37.8. The number of anilines is 3. The van der Waals surface area contributed by atoms with Crippen LogP contribution in [0.1, 0.15) is 22.3 Å². The van der Waals surface area contributed by atoms with Crippen LogP contribution in [0.25, 0.3) is 110 Å². The van der Waals surface area contributed by atoms with Gasteiger partial charge >= 0.3 is 0 Å². The lowest BCUT2D eigenvalue weighted by atomic mass is 9.70. The highest BCUT2D eigenvalue weighted by Gasteiger charge is 2.52. The molecule has 3 nitrogen and oxygen atoms in total. The topological polar surface area (TPSA) is 13.1 Å². The fourth-order valence-corrected chi connectivity index (χ4v) is 14.2. The second kappa shape index (κ2) is 15.5. The molecule has 0 fully saturated rings. The normalized spacial score (nSPS) is 13.1. The number of nitrogens with zero attached hydrogens (tertiary/aromatic N) is 3. The summed E-state index contributed by atoms with van der Waals surface area (Å²) in [6.07, 6.45) is 0. The van der Waals surface area contributed by atoms with Gasteiger partial charge < -0.3 is 14.0 Å². The van der Waals surface area contributed by atoms with Gasteiger partial charge in [-0.1, -0.05) is 200 Å². The van der Waals surface area contributed by atoms with Crippen molar-refractivity contribution in [3.63, 3.8) is 0 Å². The minimum atomic E-state index is -0.499. The molecule has 0 amide bonds. The molecule has 2 aliphatic rings. The van der Waals surface area contributed by atoms with Crippen molar-refractivity contribution in [1.29, 1.82) is 0 Å². The van der Waals surface area contributed by atoms with E-state index in [0.29, 0.717) is 0 Å². The fourth-order valence-electron chi connectivity index (χ4n) is 14.2. The molecular formula is C73H45N3. The van der Waals surface area contributed by atoms with Gasteiger partial charge in [0.2, 0.25) is 0 Å². The Morgan fingerprint density at radius 2 is 0.737 bits per heavy atom. The molecule has 2 heterocycles. The average Bonchev–Trinajstić information content (AvgIpc) is 4.24. The molecule has 15 aromatic rings. The monoisotopic (exact) mass is 963 g/mol. The van der Waals surface area contributed by atoms with Gasteiger partial charge in [-0.25, -0.2) is 0 Å². The molecule has 76 heavy (non-hydrogen) atoms. The first kappa shape index (κ1) is 41.5. The van der Waals surface area contributed by atoms with Gasteiger partial charge in [0.15, 0.2) is 0 Å². The maximum atomic E-state index is 2.59. The fraction of sp³-hybridized carbons (Fsp3) is 0.0137. The van der Waals surface area contributed by atoms with Crippen LogP contribution in [0.4, 0.5) is 17.1 Å². The zero-order valence-corrected chi connectivity index (χ0v) is 41.3. The van der Waals surface area contributed by atoms with E-state index in [4.69, 9.17) is 0 Å². The number of para-hydroxylation sites is 3. The quantitative estimate of drug-likeness (QED) is 0.157. The van der Waals surface area contributed by atoms with Gasteiger partial charge in [0.25, 0.3) is 0 Å². The van der Waals surface area contributed by atoms with Gasteiger partial charge in [0, 0.05) is 44.2 Å². The summed E-state index contributed by atoms with van der Waals surface area (Å²) in [5, 5.41) is 12.4. The summed E-state index contributed by atoms with van der Waals surface area (Å²) in [5.41, 5.74) is 20.2. The summed E-state index contributed by atoms with van der Waals surface area (Å²) >= 11 is 0. The number of rotatable bonds is 5. The molecule has 352 valence electrons. The van der Waals surface area contributed by atoms with Crippen molar-refractivity contribution in [2.45, 2.75) is 5.41 Å². The Balaban J connectivity index is 0.978. The van der Waals surface area contributed by atoms with E-state index in [0.717, 1.165) is 39.5 Å². The first-order valence-electron chi connectivity index (χ1n) is 26.4. The van der Waals surface area contributed by atoms with Crippen molar-refractivity contribution in [3.8, 4) is 33.6 Å². The van der Waals surface area contributed by atoms with Crippen LogP contribution < -0.4 is 4.90 Å². The van der Waals surface area contributed by atoms with Crippen molar-refractivity contribution < 1.29 is 0 Å². The lowest BCUT2D eigenvalue weighted by Gasteiger charge is -2.32. The number of fused-ring (bicyclic) bond motifs is 22. The molecule has 0 saturated carbocycles. The van der Waals surface area contributed by atoms with E-state index in [1.807, 2.05) is 0 Å². The third-order valence-corrected chi connectivity index (χ3v) is 17.1. The van der Waals surface area contributed by atoms with Crippen molar-refractivity contribution in [2.75, 3.05) is 4.90 Å². The lowest BCUT2D eigenvalue weighted by Crippen LogP contribution is -2.26. The molecule has 0 radical (unpaired) electrons. The number of aromatic nitrogens is 2. The van der Waals surface area contributed by atoms with Gasteiger partial charge in [0.05, 0.1) is 38.9 Å². The molecule has 2 aromatic heterocycles. The zero-order valence-electron chi connectivity index (χ0n) is 41.3. The van der Waals surface area contributed by atoms with Crippen molar-refractivity contribution in [2.24, 2.45) is 0 Å². The Morgan fingerprint density at radius 1 is 0.263 bits per heavy atom. The van der Waals surface area contributed by atoms with Gasteiger partial charge in [-0.2, -0.15) is 0 Å². The SMILES string of the molecule is c1ccc(-n2c3ccccc3c3cc(N(c4cccc5c4-c4ccccc4C54c5ccccc5-c5ccccc54)c4cccc5c4c4ccccc4n5-c4ccc5c6ccccc6c6ccccc6c5c4)ccc32)cc1. The van der Waals surface area contributed by atoms with Gasteiger partial charge in [0.1, 0.15) is 0 Å². The van der Waals surface area contributed by atoms with Crippen LogP contribution >= 0.6 is 0 Å². The summed E-state index contributed by atoms with van der Waals surface area (Å²) in [4.78, 5) is 2.59. The number of benzene rings is 13. The summed E-state index contributed by atoms with van der Waals surface area (Å²) in [6.45, 7) is 0. The molecule has 3 heteroatoms. The second-order valence-electron chi connectivity index (χ2n) is 20.7. The lowest BCUT2D eigenvalue weighted by molar-refractivity contribution is 0.794. The predicted molar refractivity (Wildman–Crippen MR) is 319 cm³/mol. The van der Waals surface area contributed by atoms with Crippen LogP contribution in [0, 0.1) is 0 Å². The minimum Gasteiger partial charge on any atom is -0.309 e. The standard InChI is InChI=1S/C73H45N3/c1-2-20-46(21-3-1)74-65-35-16-11-28-56(65)60-45-48(41-43-67(60)74)76(68-37-18-34-64-71(68)57-29-10-15-33-63(57)73(64)61-31-13-8-26-54(61)55-27-9-14-32-62(55)73)70-39-19-38-69-72(70)58-30-12-17-36-66(58)75(69)47-40-42-53-51-24-5-4-22-49(51)50-23-6-7-25-52(50)59(53)44-47/h1-45H. The Morgan fingerprint density at radius 3 is 1.43 bits per heavy atom. The highest BCUT2D eigenvalue weighted by molar-refractivity contribution is 6.26. The van der Waals surface area contributed by atoms with Crippen LogP contribution in [0.2, 0.25) is 0 Å². The maximum Gasteiger partial charge on any atom is 0.0726 e. The van der Waals surface area contributed by atoms with Crippen LogP contribution in [-0.2, 0) is 5.41 Å². The molecule has 0 N–H and O–H groups in total. The summed E-state index contributed by atoms with van der Waals surface area (Å²) in [6, 6.07) is 102. The molecule has 13 aromatic carbocycles. The van der Waals surface area contributed by atoms with Gasteiger partial charge in [-0.15, -0.1) is 0 Å². The van der Waals surface area contributed by atoms with Gasteiger partial charge in [-0.3, -0.25) is 0 Å². The highest BCUT2D eigenvalue weighted by Crippen LogP contribution is 2.65. The van der Waals surface area contributed by atoms with Crippen LogP contribution in [0.15, 0.2) is 273 Å². The second-order valence-corrected chi connectivity index (χ2v) is 20.7. The Bertz CT molecular complexity index is 4880. The smallest absolute Gasteiger partial charge is 0.0726 e. The Hall–Kier alpha value is -9.96. The summed E-state index contributed by atoms with van der Waals surface area (Å²) in [5.74, 6) is 0. The van der Waals surface area contributed by atoms with E-state index in [1.165, 1.54) is 109 Å². The molecule has 0 aliphatic heterocycles. The molecule has 17 rings (SSSR count).